The first kappa shape index (κ1) is 21.3. The van der Waals surface area contributed by atoms with Crippen LogP contribution in [0.3, 0.4) is 0 Å². The summed E-state index contributed by atoms with van der Waals surface area (Å²) < 4.78 is 0. The number of piperidine rings is 2. The number of benzene rings is 1. The van der Waals surface area contributed by atoms with E-state index in [0.717, 1.165) is 43.1 Å². The van der Waals surface area contributed by atoms with Gasteiger partial charge in [0.2, 0.25) is 11.8 Å². The van der Waals surface area contributed by atoms with Gasteiger partial charge in [-0.2, -0.15) is 0 Å². The Hall–Kier alpha value is -2.45. The zero-order valence-corrected chi connectivity index (χ0v) is 17.1. The topological polar surface area (TPSA) is 98.8 Å². The zero-order chi connectivity index (χ0) is 19.8. The van der Waals surface area contributed by atoms with E-state index in [1.807, 2.05) is 6.07 Å². The molecule has 0 saturated carbocycles. The zero-order valence-electron chi connectivity index (χ0n) is 16.3. The van der Waals surface area contributed by atoms with Gasteiger partial charge in [0.15, 0.2) is 0 Å². The summed E-state index contributed by atoms with van der Waals surface area (Å²) in [5, 5.41) is 5.68. The monoisotopic (exact) mass is 420 g/mol. The number of fused-ring (bicyclic) bond motifs is 1. The summed E-state index contributed by atoms with van der Waals surface area (Å²) in [4.78, 5) is 52.4. The van der Waals surface area contributed by atoms with Gasteiger partial charge < -0.3 is 10.2 Å². The van der Waals surface area contributed by atoms with Crippen molar-refractivity contribution in [3.63, 3.8) is 0 Å². The molecule has 0 aliphatic carbocycles. The smallest absolute Gasteiger partial charge is 0.262 e. The maximum absolute atomic E-state index is 12.9. The van der Waals surface area contributed by atoms with Crippen LogP contribution in [0.2, 0.25) is 0 Å². The van der Waals surface area contributed by atoms with Crippen LogP contribution in [0.1, 0.15) is 53.3 Å². The lowest BCUT2D eigenvalue weighted by molar-refractivity contribution is -0.136. The number of rotatable bonds is 4. The predicted octanol–water partition coefficient (Wildman–Crippen LogP) is 1.09. The summed E-state index contributed by atoms with van der Waals surface area (Å²) >= 11 is 0. The lowest BCUT2D eigenvalue weighted by Gasteiger charge is -2.34. The number of halogens is 1. The molecular weight excluding hydrogens is 396 g/mol. The molecule has 9 heteroatoms. The third kappa shape index (κ3) is 3.86. The normalized spacial score (nSPS) is 22.4. The fourth-order valence-corrected chi connectivity index (χ4v) is 4.29. The molecule has 1 atom stereocenters. The average Bonchev–Trinajstić information content (AvgIpc) is 2.93. The average molecular weight is 421 g/mol. The van der Waals surface area contributed by atoms with Gasteiger partial charge in [0.25, 0.3) is 11.8 Å². The van der Waals surface area contributed by atoms with Crippen molar-refractivity contribution >= 4 is 41.7 Å². The molecule has 3 aliphatic heterocycles. The van der Waals surface area contributed by atoms with Gasteiger partial charge in [0.05, 0.1) is 11.1 Å². The Morgan fingerprint density at radius 3 is 2.38 bits per heavy atom. The molecule has 1 aromatic carbocycles. The quantitative estimate of drug-likeness (QED) is 0.707. The Balaban J connectivity index is 0.00000240. The standard InChI is InChI=1S/C20H24N4O4.ClH/c1-2-21-12-7-9-23(10-8-12)13-3-4-14-15(11-13)20(28)24(19(14)27)16-5-6-17(25)22-18(16)26;/h3-4,11-12,16,21H,2,5-10H2,1H3,(H,22,25,26);1H. The number of carbonyl (C=O) groups is 4. The summed E-state index contributed by atoms with van der Waals surface area (Å²) in [5.74, 6) is -1.89. The molecule has 2 saturated heterocycles. The minimum Gasteiger partial charge on any atom is -0.371 e. The first-order valence-electron chi connectivity index (χ1n) is 9.83. The van der Waals surface area contributed by atoms with Crippen LogP contribution in [0.25, 0.3) is 0 Å². The van der Waals surface area contributed by atoms with Crippen molar-refractivity contribution in [3.05, 3.63) is 29.3 Å². The molecule has 4 amide bonds. The molecule has 29 heavy (non-hydrogen) atoms. The number of amides is 4. The Morgan fingerprint density at radius 1 is 1.03 bits per heavy atom. The number of nitrogens with one attached hydrogen (secondary N) is 2. The number of hydrogen-bond donors (Lipinski definition) is 2. The van der Waals surface area contributed by atoms with Crippen LogP contribution in [-0.4, -0.2) is 60.2 Å². The fourth-order valence-electron chi connectivity index (χ4n) is 4.29. The summed E-state index contributed by atoms with van der Waals surface area (Å²) in [7, 11) is 0. The molecule has 1 unspecified atom stereocenters. The number of imide groups is 2. The maximum atomic E-state index is 12.9. The highest BCUT2D eigenvalue weighted by Gasteiger charge is 2.44. The highest BCUT2D eigenvalue weighted by molar-refractivity contribution is 6.23. The second-order valence-electron chi connectivity index (χ2n) is 7.50. The van der Waals surface area contributed by atoms with Crippen molar-refractivity contribution < 1.29 is 19.2 Å². The molecule has 4 rings (SSSR count). The molecule has 1 aromatic rings. The SMILES string of the molecule is CCNC1CCN(c2ccc3c(c2)C(=O)N(C2CCC(=O)NC2=O)C3=O)CC1.Cl. The van der Waals surface area contributed by atoms with E-state index in [1.165, 1.54) is 0 Å². The van der Waals surface area contributed by atoms with Crippen LogP contribution in [0.5, 0.6) is 0 Å². The van der Waals surface area contributed by atoms with E-state index in [1.54, 1.807) is 12.1 Å². The lowest BCUT2D eigenvalue weighted by atomic mass is 10.0. The Morgan fingerprint density at radius 2 is 1.72 bits per heavy atom. The molecule has 3 heterocycles. The molecule has 0 spiro atoms. The van der Waals surface area contributed by atoms with Crippen LogP contribution in [-0.2, 0) is 9.59 Å². The van der Waals surface area contributed by atoms with Crippen molar-refractivity contribution in [1.29, 1.82) is 0 Å². The fraction of sp³-hybridized carbons (Fsp3) is 0.500. The Labute approximate surface area is 175 Å². The van der Waals surface area contributed by atoms with Crippen molar-refractivity contribution in [1.82, 2.24) is 15.5 Å². The van der Waals surface area contributed by atoms with Gasteiger partial charge >= 0.3 is 0 Å². The van der Waals surface area contributed by atoms with E-state index in [9.17, 15) is 19.2 Å². The molecule has 0 bridgehead atoms. The van der Waals surface area contributed by atoms with Gasteiger partial charge in [-0.3, -0.25) is 29.4 Å². The van der Waals surface area contributed by atoms with E-state index in [2.05, 4.69) is 22.5 Å². The van der Waals surface area contributed by atoms with Crippen LogP contribution in [0.15, 0.2) is 18.2 Å². The molecular formula is C20H25ClN4O4. The van der Waals surface area contributed by atoms with Crippen LogP contribution in [0, 0.1) is 0 Å². The maximum Gasteiger partial charge on any atom is 0.262 e. The molecule has 8 nitrogen and oxygen atoms in total. The summed E-state index contributed by atoms with van der Waals surface area (Å²) in [5.41, 5.74) is 1.57. The van der Waals surface area contributed by atoms with Gasteiger partial charge in [-0.15, -0.1) is 12.4 Å². The summed E-state index contributed by atoms with van der Waals surface area (Å²) in [6.45, 7) is 4.82. The van der Waals surface area contributed by atoms with Gasteiger partial charge in [-0.1, -0.05) is 6.92 Å². The van der Waals surface area contributed by atoms with Crippen molar-refractivity contribution in [2.75, 3.05) is 24.5 Å². The third-order valence-corrected chi connectivity index (χ3v) is 5.78. The second-order valence-corrected chi connectivity index (χ2v) is 7.50. The molecule has 156 valence electrons. The molecule has 3 aliphatic rings. The third-order valence-electron chi connectivity index (χ3n) is 5.78. The van der Waals surface area contributed by atoms with E-state index >= 15 is 0 Å². The molecule has 0 radical (unpaired) electrons. The van der Waals surface area contributed by atoms with Gasteiger partial charge in [0.1, 0.15) is 6.04 Å². The number of nitrogens with zero attached hydrogens (tertiary/aromatic N) is 2. The number of carbonyl (C=O) groups excluding carboxylic acids is 4. The van der Waals surface area contributed by atoms with Crippen molar-refractivity contribution in [3.8, 4) is 0 Å². The molecule has 0 aromatic heterocycles. The van der Waals surface area contributed by atoms with E-state index in [0.29, 0.717) is 17.2 Å². The van der Waals surface area contributed by atoms with Crippen molar-refractivity contribution in [2.45, 2.75) is 44.7 Å². The summed E-state index contributed by atoms with van der Waals surface area (Å²) in [6, 6.07) is 4.89. The van der Waals surface area contributed by atoms with Crippen LogP contribution >= 0.6 is 12.4 Å². The van der Waals surface area contributed by atoms with Gasteiger partial charge in [-0.25, -0.2) is 0 Å². The summed E-state index contributed by atoms with van der Waals surface area (Å²) in [6.07, 6.45) is 2.34. The minimum absolute atomic E-state index is 0. The second kappa shape index (κ2) is 8.51. The van der Waals surface area contributed by atoms with E-state index in [4.69, 9.17) is 0 Å². The van der Waals surface area contributed by atoms with Crippen LogP contribution in [0.4, 0.5) is 5.69 Å². The van der Waals surface area contributed by atoms with Crippen LogP contribution < -0.4 is 15.5 Å². The first-order valence-corrected chi connectivity index (χ1v) is 9.83. The predicted molar refractivity (Wildman–Crippen MR) is 109 cm³/mol. The number of hydrogen-bond acceptors (Lipinski definition) is 6. The molecule has 2 N–H and O–H groups in total. The Kier molecular flexibility index (Phi) is 6.24. The highest BCUT2D eigenvalue weighted by Crippen LogP contribution is 2.31. The minimum atomic E-state index is -0.926. The van der Waals surface area contributed by atoms with Crippen molar-refractivity contribution in [2.24, 2.45) is 0 Å². The van der Waals surface area contributed by atoms with Gasteiger partial charge in [-0.05, 0) is 44.0 Å². The Bertz CT molecular complexity index is 851. The lowest BCUT2D eigenvalue weighted by Crippen LogP contribution is -2.54. The number of anilines is 1. The molecule has 2 fully saturated rings. The first-order chi connectivity index (χ1) is 13.5. The van der Waals surface area contributed by atoms with Gasteiger partial charge in [0, 0.05) is 31.2 Å². The highest BCUT2D eigenvalue weighted by atomic mass is 35.5. The largest absolute Gasteiger partial charge is 0.371 e. The van der Waals surface area contributed by atoms with E-state index < -0.39 is 23.8 Å². The van der Waals surface area contributed by atoms with E-state index in [-0.39, 0.29) is 31.2 Å².